The Kier molecular flexibility index (Phi) is 11.0. The smallest absolute Gasteiger partial charge is 0.244 e. The molecule has 0 aromatic heterocycles. The Labute approximate surface area is 274 Å². The third-order valence-corrected chi connectivity index (χ3v) is 10.5. The first-order chi connectivity index (χ1) is 21.7. The highest BCUT2D eigenvalue weighted by Crippen LogP contribution is 2.35. The molecular weight excluding hydrogens is 658 g/mol. The van der Waals surface area contributed by atoms with Crippen LogP contribution in [-0.4, -0.2) is 62.7 Å². The summed E-state index contributed by atoms with van der Waals surface area (Å²) in [5.41, 5.74) is 2.01. The van der Waals surface area contributed by atoms with Gasteiger partial charge in [-0.05, 0) is 55.2 Å². The van der Waals surface area contributed by atoms with Crippen LogP contribution >= 0.6 is 15.9 Å². The molecule has 0 bridgehead atoms. The van der Waals surface area contributed by atoms with Crippen molar-refractivity contribution in [3.8, 4) is 11.5 Å². The number of nitrogens with zero attached hydrogens (tertiary/aromatic N) is 2. The van der Waals surface area contributed by atoms with Gasteiger partial charge >= 0.3 is 0 Å². The number of ether oxygens (including phenoxy) is 2. The molecule has 2 amide bonds. The molecule has 0 spiro atoms. The molecular formula is C34H40BrN3O6S. The van der Waals surface area contributed by atoms with Crippen LogP contribution in [0.1, 0.15) is 50.2 Å². The standard InChI is InChI=1S/C34H40BrN3O6S/c1-2-45(41,42)38(29-16-17-31-32(22-29)44-19-18-43-31)24-33(39)37(23-26-12-9-13-27(35)20-26)30(21-25-10-5-3-6-11-25)34(40)36-28-14-7-4-8-15-28/h3,5-6,9-13,16-17,20,22,28,30H,2,4,7-8,14-15,18-19,21,23-24H2,1H3,(H,36,40)/t30-/m0/s1. The molecule has 2 aliphatic rings. The van der Waals surface area contributed by atoms with Gasteiger partial charge in [0.1, 0.15) is 25.8 Å². The van der Waals surface area contributed by atoms with Crippen molar-refractivity contribution >= 4 is 43.5 Å². The average Bonchev–Trinajstić information content (AvgIpc) is 3.05. The maximum atomic E-state index is 14.5. The zero-order chi connectivity index (χ0) is 31.8. The van der Waals surface area contributed by atoms with Crippen molar-refractivity contribution in [1.29, 1.82) is 0 Å². The number of carbonyl (C=O) groups excluding carboxylic acids is 2. The monoisotopic (exact) mass is 697 g/mol. The number of amides is 2. The summed E-state index contributed by atoms with van der Waals surface area (Å²) in [7, 11) is -3.89. The Morgan fingerprint density at radius 3 is 2.33 bits per heavy atom. The molecule has 1 heterocycles. The third-order valence-electron chi connectivity index (χ3n) is 8.26. The fourth-order valence-corrected chi connectivity index (χ4v) is 7.34. The predicted molar refractivity (Wildman–Crippen MR) is 178 cm³/mol. The first kappa shape index (κ1) is 32.8. The number of sulfonamides is 1. The zero-order valence-corrected chi connectivity index (χ0v) is 27.9. The van der Waals surface area contributed by atoms with Crippen LogP contribution in [0.3, 0.4) is 0 Å². The van der Waals surface area contributed by atoms with Crippen molar-refractivity contribution in [3.05, 3.63) is 88.4 Å². The minimum Gasteiger partial charge on any atom is -0.486 e. The van der Waals surface area contributed by atoms with Crippen molar-refractivity contribution in [3.63, 3.8) is 0 Å². The van der Waals surface area contributed by atoms with Gasteiger partial charge in [0.05, 0.1) is 11.4 Å². The van der Waals surface area contributed by atoms with Crippen molar-refractivity contribution in [1.82, 2.24) is 10.2 Å². The van der Waals surface area contributed by atoms with Gasteiger partial charge in [-0.25, -0.2) is 8.42 Å². The molecule has 3 aromatic rings. The normalized spacial score (nSPS) is 15.6. The number of hydrogen-bond donors (Lipinski definition) is 1. The number of benzene rings is 3. The first-order valence-electron chi connectivity index (χ1n) is 15.5. The summed E-state index contributed by atoms with van der Waals surface area (Å²) in [6.07, 6.45) is 5.33. The lowest BCUT2D eigenvalue weighted by Gasteiger charge is -2.35. The Morgan fingerprint density at radius 2 is 1.62 bits per heavy atom. The second-order valence-corrected chi connectivity index (χ2v) is 14.5. The Morgan fingerprint density at radius 1 is 0.911 bits per heavy atom. The number of fused-ring (bicyclic) bond motifs is 1. The zero-order valence-electron chi connectivity index (χ0n) is 25.5. The molecule has 1 aliphatic carbocycles. The highest BCUT2D eigenvalue weighted by molar-refractivity contribution is 9.10. The Balaban J connectivity index is 1.52. The summed E-state index contributed by atoms with van der Waals surface area (Å²) >= 11 is 3.52. The van der Waals surface area contributed by atoms with E-state index in [-0.39, 0.29) is 30.7 Å². The summed E-state index contributed by atoms with van der Waals surface area (Å²) in [5, 5.41) is 3.23. The predicted octanol–water partition coefficient (Wildman–Crippen LogP) is 5.47. The van der Waals surface area contributed by atoms with Gasteiger partial charge in [-0.15, -0.1) is 0 Å². The molecule has 0 radical (unpaired) electrons. The van der Waals surface area contributed by atoms with Gasteiger partial charge < -0.3 is 19.7 Å². The van der Waals surface area contributed by atoms with E-state index in [1.54, 1.807) is 25.1 Å². The summed E-state index contributed by atoms with van der Waals surface area (Å²) in [6.45, 7) is 1.92. The molecule has 1 fully saturated rings. The van der Waals surface area contributed by atoms with Gasteiger partial charge in [-0.1, -0.05) is 77.7 Å². The van der Waals surface area contributed by atoms with Crippen LogP contribution < -0.4 is 19.1 Å². The molecule has 11 heteroatoms. The first-order valence-corrected chi connectivity index (χ1v) is 17.9. The van der Waals surface area contributed by atoms with Crippen molar-refractivity contribution in [2.45, 2.75) is 64.1 Å². The molecule has 1 saturated carbocycles. The van der Waals surface area contributed by atoms with E-state index < -0.39 is 28.5 Å². The summed E-state index contributed by atoms with van der Waals surface area (Å²) in [6, 6.07) is 21.2. The number of carbonyl (C=O) groups is 2. The van der Waals surface area contributed by atoms with E-state index in [0.717, 1.165) is 52.0 Å². The summed E-state index contributed by atoms with van der Waals surface area (Å²) in [5.74, 6) is 0.00156. The second kappa shape index (κ2) is 15.1. The molecule has 1 N–H and O–H groups in total. The number of nitrogens with one attached hydrogen (secondary N) is 1. The van der Waals surface area contributed by atoms with Crippen LogP contribution in [0.15, 0.2) is 77.3 Å². The molecule has 9 nitrogen and oxygen atoms in total. The SMILES string of the molecule is CCS(=O)(=O)N(CC(=O)N(Cc1cccc(Br)c1)[C@@H](Cc1ccccc1)C(=O)NC1CCCCC1)c1ccc2c(c1)OCCO2. The number of hydrogen-bond acceptors (Lipinski definition) is 6. The van der Waals surface area contributed by atoms with Crippen LogP contribution in [0.5, 0.6) is 11.5 Å². The van der Waals surface area contributed by atoms with E-state index in [0.29, 0.717) is 30.4 Å². The fraction of sp³-hybridized carbons (Fsp3) is 0.412. The fourth-order valence-electron chi connectivity index (χ4n) is 5.84. The topological polar surface area (TPSA) is 105 Å². The highest BCUT2D eigenvalue weighted by Gasteiger charge is 2.35. The Hall–Kier alpha value is -3.57. The lowest BCUT2D eigenvalue weighted by molar-refractivity contribution is -0.140. The summed E-state index contributed by atoms with van der Waals surface area (Å²) in [4.78, 5) is 30.1. The van der Waals surface area contributed by atoms with Crippen LogP contribution in [0.2, 0.25) is 0 Å². The molecule has 3 aromatic carbocycles. The van der Waals surface area contributed by atoms with Crippen molar-refractivity contribution < 1.29 is 27.5 Å². The quantitative estimate of drug-likeness (QED) is 0.269. The molecule has 1 atom stereocenters. The summed E-state index contributed by atoms with van der Waals surface area (Å²) < 4.78 is 40.3. The van der Waals surface area contributed by atoms with E-state index in [4.69, 9.17) is 9.47 Å². The van der Waals surface area contributed by atoms with Crippen molar-refractivity contribution in [2.24, 2.45) is 0 Å². The Bertz CT molecular complexity index is 1580. The molecule has 0 saturated heterocycles. The highest BCUT2D eigenvalue weighted by atomic mass is 79.9. The average molecular weight is 699 g/mol. The largest absolute Gasteiger partial charge is 0.486 e. The van der Waals surface area contributed by atoms with Crippen LogP contribution in [0.4, 0.5) is 5.69 Å². The van der Waals surface area contributed by atoms with Gasteiger partial charge in [0.25, 0.3) is 0 Å². The van der Waals surface area contributed by atoms with E-state index in [1.165, 1.54) is 4.90 Å². The third kappa shape index (κ3) is 8.58. The van der Waals surface area contributed by atoms with Gasteiger partial charge in [0, 0.05) is 29.5 Å². The van der Waals surface area contributed by atoms with Crippen LogP contribution in [0.25, 0.3) is 0 Å². The lowest BCUT2D eigenvalue weighted by atomic mass is 9.94. The molecule has 1 aliphatic heterocycles. The van der Waals surface area contributed by atoms with Crippen LogP contribution in [0, 0.1) is 0 Å². The minimum atomic E-state index is -3.89. The van der Waals surface area contributed by atoms with E-state index in [1.807, 2.05) is 54.6 Å². The number of rotatable bonds is 12. The molecule has 240 valence electrons. The van der Waals surface area contributed by atoms with Gasteiger partial charge in [-0.2, -0.15) is 0 Å². The second-order valence-electron chi connectivity index (χ2n) is 11.4. The maximum Gasteiger partial charge on any atom is 0.244 e. The van der Waals surface area contributed by atoms with Gasteiger partial charge in [-0.3, -0.25) is 13.9 Å². The van der Waals surface area contributed by atoms with Gasteiger partial charge in [0.2, 0.25) is 21.8 Å². The maximum absolute atomic E-state index is 14.5. The van der Waals surface area contributed by atoms with E-state index in [2.05, 4.69) is 21.2 Å². The van der Waals surface area contributed by atoms with Crippen LogP contribution in [-0.2, 0) is 32.6 Å². The van der Waals surface area contributed by atoms with Gasteiger partial charge in [0.15, 0.2) is 11.5 Å². The van der Waals surface area contributed by atoms with E-state index in [9.17, 15) is 18.0 Å². The number of halogens is 1. The number of anilines is 1. The minimum absolute atomic E-state index is 0.0435. The molecule has 0 unspecified atom stereocenters. The molecule has 5 rings (SSSR count). The van der Waals surface area contributed by atoms with E-state index >= 15 is 0 Å². The van der Waals surface area contributed by atoms with Crippen molar-refractivity contribution in [2.75, 3.05) is 29.8 Å². The lowest BCUT2D eigenvalue weighted by Crippen LogP contribution is -2.55. The molecule has 45 heavy (non-hydrogen) atoms.